The number of benzene rings is 1. The molecule has 0 aliphatic carbocycles. The molecule has 0 amide bonds. The van der Waals surface area contributed by atoms with E-state index >= 15 is 0 Å². The lowest BCUT2D eigenvalue weighted by Gasteiger charge is -2.22. The van der Waals surface area contributed by atoms with Crippen LogP contribution in [0.2, 0.25) is 0 Å². The van der Waals surface area contributed by atoms with Gasteiger partial charge in [0.2, 0.25) is 0 Å². The highest BCUT2D eigenvalue weighted by molar-refractivity contribution is 5.96. The number of fused-ring (bicyclic) bond motifs is 3. The number of nitrogens with one attached hydrogen (secondary N) is 1. The second-order valence-electron chi connectivity index (χ2n) is 4.82. The number of likely N-dealkylation sites (N-methyl/N-ethyl adjacent to an activating group) is 1. The SMILES string of the molecule is COC(=O)c1ccc2[nH]c3c(c2c1)CN(C)CC3. The van der Waals surface area contributed by atoms with Gasteiger partial charge in [0.05, 0.1) is 12.7 Å². The van der Waals surface area contributed by atoms with Crippen molar-refractivity contribution in [2.24, 2.45) is 0 Å². The number of aromatic amines is 1. The summed E-state index contributed by atoms with van der Waals surface area (Å²) >= 11 is 0. The van der Waals surface area contributed by atoms with E-state index in [1.807, 2.05) is 12.1 Å². The first kappa shape index (κ1) is 11.3. The third-order valence-corrected chi connectivity index (χ3v) is 3.59. The zero-order valence-corrected chi connectivity index (χ0v) is 10.6. The summed E-state index contributed by atoms with van der Waals surface area (Å²) < 4.78 is 4.77. The van der Waals surface area contributed by atoms with Crippen LogP contribution in [0.15, 0.2) is 18.2 Å². The van der Waals surface area contributed by atoms with E-state index < -0.39 is 0 Å². The van der Waals surface area contributed by atoms with Gasteiger partial charge in [-0.3, -0.25) is 0 Å². The number of methoxy groups -OCH3 is 1. The first-order valence-corrected chi connectivity index (χ1v) is 6.09. The van der Waals surface area contributed by atoms with Crippen LogP contribution >= 0.6 is 0 Å². The van der Waals surface area contributed by atoms with Crippen LogP contribution in [0.25, 0.3) is 10.9 Å². The van der Waals surface area contributed by atoms with Gasteiger partial charge in [-0.05, 0) is 30.8 Å². The fourth-order valence-corrected chi connectivity index (χ4v) is 2.59. The largest absolute Gasteiger partial charge is 0.465 e. The summed E-state index contributed by atoms with van der Waals surface area (Å²) in [4.78, 5) is 17.3. The summed E-state index contributed by atoms with van der Waals surface area (Å²) in [5.74, 6) is -0.281. The van der Waals surface area contributed by atoms with E-state index in [1.165, 1.54) is 18.4 Å². The van der Waals surface area contributed by atoms with Gasteiger partial charge >= 0.3 is 5.97 Å². The third-order valence-electron chi connectivity index (χ3n) is 3.59. The number of H-pyrrole nitrogens is 1. The van der Waals surface area contributed by atoms with Gasteiger partial charge in [0.25, 0.3) is 0 Å². The molecule has 0 saturated carbocycles. The molecule has 0 bridgehead atoms. The predicted octanol–water partition coefficient (Wildman–Crippen LogP) is 1.94. The van der Waals surface area contributed by atoms with Crippen molar-refractivity contribution in [1.29, 1.82) is 0 Å². The van der Waals surface area contributed by atoms with Crippen molar-refractivity contribution in [3.63, 3.8) is 0 Å². The number of aromatic nitrogens is 1. The van der Waals surface area contributed by atoms with Crippen molar-refractivity contribution in [3.05, 3.63) is 35.0 Å². The van der Waals surface area contributed by atoms with E-state index in [0.717, 1.165) is 30.4 Å². The number of ether oxygens (including phenoxy) is 1. The second-order valence-corrected chi connectivity index (χ2v) is 4.82. The van der Waals surface area contributed by atoms with Crippen LogP contribution in [-0.2, 0) is 17.7 Å². The molecule has 1 aromatic carbocycles. The Balaban J connectivity index is 2.15. The van der Waals surface area contributed by atoms with Crippen molar-refractivity contribution in [3.8, 4) is 0 Å². The van der Waals surface area contributed by atoms with Crippen LogP contribution in [0, 0.1) is 0 Å². The van der Waals surface area contributed by atoms with Crippen molar-refractivity contribution in [2.45, 2.75) is 13.0 Å². The smallest absolute Gasteiger partial charge is 0.337 e. The maximum absolute atomic E-state index is 11.6. The van der Waals surface area contributed by atoms with Gasteiger partial charge in [-0.15, -0.1) is 0 Å². The first-order chi connectivity index (χ1) is 8.69. The number of hydrogen-bond acceptors (Lipinski definition) is 3. The Bertz CT molecular complexity index is 616. The van der Waals surface area contributed by atoms with Gasteiger partial charge in [0.15, 0.2) is 0 Å². The minimum absolute atomic E-state index is 0.281. The number of carbonyl (C=O) groups is 1. The number of hydrogen-bond donors (Lipinski definition) is 1. The quantitative estimate of drug-likeness (QED) is 0.780. The van der Waals surface area contributed by atoms with Crippen LogP contribution in [0.1, 0.15) is 21.6 Å². The summed E-state index contributed by atoms with van der Waals surface area (Å²) in [7, 11) is 3.53. The zero-order chi connectivity index (χ0) is 12.7. The van der Waals surface area contributed by atoms with Crippen molar-refractivity contribution in [2.75, 3.05) is 20.7 Å². The fraction of sp³-hybridized carbons (Fsp3) is 0.357. The molecule has 0 unspecified atom stereocenters. The number of carbonyl (C=O) groups excluding carboxylic acids is 1. The Morgan fingerprint density at radius 3 is 3.06 bits per heavy atom. The molecule has 0 saturated heterocycles. The Morgan fingerprint density at radius 2 is 2.28 bits per heavy atom. The highest BCUT2D eigenvalue weighted by atomic mass is 16.5. The highest BCUT2D eigenvalue weighted by Gasteiger charge is 2.19. The average Bonchev–Trinajstić information content (AvgIpc) is 2.75. The maximum atomic E-state index is 11.6. The summed E-state index contributed by atoms with van der Waals surface area (Å²) in [6.07, 6.45) is 1.04. The summed E-state index contributed by atoms with van der Waals surface area (Å²) in [5, 5.41) is 1.14. The molecule has 1 N–H and O–H groups in total. The molecule has 1 aliphatic heterocycles. The van der Waals surface area contributed by atoms with Gasteiger partial charge in [-0.1, -0.05) is 0 Å². The van der Waals surface area contributed by atoms with Gasteiger partial charge < -0.3 is 14.6 Å². The van der Waals surface area contributed by atoms with E-state index in [9.17, 15) is 4.79 Å². The van der Waals surface area contributed by atoms with E-state index in [-0.39, 0.29) is 5.97 Å². The second kappa shape index (κ2) is 4.14. The predicted molar refractivity (Wildman–Crippen MR) is 69.7 cm³/mol. The maximum Gasteiger partial charge on any atom is 0.337 e. The topological polar surface area (TPSA) is 45.3 Å². The minimum Gasteiger partial charge on any atom is -0.465 e. The first-order valence-electron chi connectivity index (χ1n) is 6.09. The molecule has 4 nitrogen and oxygen atoms in total. The fourth-order valence-electron chi connectivity index (χ4n) is 2.59. The molecule has 1 aromatic heterocycles. The zero-order valence-electron chi connectivity index (χ0n) is 10.6. The highest BCUT2D eigenvalue weighted by Crippen LogP contribution is 2.28. The molecule has 18 heavy (non-hydrogen) atoms. The molecular formula is C14H16N2O2. The van der Waals surface area contributed by atoms with Gasteiger partial charge in [0.1, 0.15) is 0 Å². The van der Waals surface area contributed by atoms with Crippen LogP contribution in [-0.4, -0.2) is 36.6 Å². The van der Waals surface area contributed by atoms with Crippen molar-refractivity contribution in [1.82, 2.24) is 9.88 Å². The Labute approximate surface area is 106 Å². The molecule has 0 radical (unpaired) electrons. The van der Waals surface area contributed by atoms with Gasteiger partial charge in [0, 0.05) is 36.1 Å². The molecule has 2 heterocycles. The molecule has 3 rings (SSSR count). The lowest BCUT2D eigenvalue weighted by atomic mass is 10.0. The van der Waals surface area contributed by atoms with Crippen LogP contribution in [0.3, 0.4) is 0 Å². The van der Waals surface area contributed by atoms with E-state index in [1.54, 1.807) is 6.07 Å². The van der Waals surface area contributed by atoms with Crippen molar-refractivity contribution >= 4 is 16.9 Å². The normalized spacial score (nSPS) is 15.7. The standard InChI is InChI=1S/C14H16N2O2/c1-16-6-5-13-11(8-16)10-7-9(14(17)18-2)3-4-12(10)15-13/h3-4,7,15H,5-6,8H2,1-2H3. The Hall–Kier alpha value is -1.81. The Morgan fingerprint density at radius 1 is 1.44 bits per heavy atom. The van der Waals surface area contributed by atoms with E-state index in [0.29, 0.717) is 5.56 Å². The molecule has 0 fully saturated rings. The lowest BCUT2D eigenvalue weighted by Crippen LogP contribution is -2.26. The molecule has 2 aromatic rings. The molecule has 1 aliphatic rings. The average molecular weight is 244 g/mol. The summed E-state index contributed by atoms with van der Waals surface area (Å²) in [6.45, 7) is 2.00. The summed E-state index contributed by atoms with van der Waals surface area (Å²) in [6, 6.07) is 5.69. The van der Waals surface area contributed by atoms with Crippen LogP contribution in [0.5, 0.6) is 0 Å². The lowest BCUT2D eigenvalue weighted by molar-refractivity contribution is 0.0601. The molecule has 0 atom stereocenters. The number of nitrogens with zero attached hydrogens (tertiary/aromatic N) is 1. The molecular weight excluding hydrogens is 228 g/mol. The van der Waals surface area contributed by atoms with Gasteiger partial charge in [-0.25, -0.2) is 4.79 Å². The van der Waals surface area contributed by atoms with Gasteiger partial charge in [-0.2, -0.15) is 0 Å². The minimum atomic E-state index is -0.281. The van der Waals surface area contributed by atoms with E-state index in [4.69, 9.17) is 4.74 Å². The van der Waals surface area contributed by atoms with Crippen molar-refractivity contribution < 1.29 is 9.53 Å². The number of esters is 1. The van der Waals surface area contributed by atoms with Crippen LogP contribution in [0.4, 0.5) is 0 Å². The third kappa shape index (κ3) is 1.69. The Kier molecular flexibility index (Phi) is 2.59. The molecule has 94 valence electrons. The van der Waals surface area contributed by atoms with Crippen LogP contribution < -0.4 is 0 Å². The molecule has 4 heteroatoms. The number of rotatable bonds is 1. The monoisotopic (exact) mass is 244 g/mol. The summed E-state index contributed by atoms with van der Waals surface area (Å²) in [5.41, 5.74) is 4.32. The van der Waals surface area contributed by atoms with E-state index in [2.05, 4.69) is 16.9 Å². The molecule has 0 spiro atoms.